The Labute approximate surface area is 81.0 Å². The maximum absolute atomic E-state index is 8.79. The smallest absolute Gasteiger partial charge is 0.0830 e. The van der Waals surface area contributed by atoms with E-state index in [4.69, 9.17) is 5.11 Å². The molecular formula is C11H21NO. The van der Waals surface area contributed by atoms with Crippen LogP contribution in [0.5, 0.6) is 0 Å². The van der Waals surface area contributed by atoms with Crippen LogP contribution in [0.3, 0.4) is 0 Å². The number of hydrogen-bond donors (Lipinski definition) is 2. The summed E-state index contributed by atoms with van der Waals surface area (Å²) < 4.78 is 0. The molecule has 2 nitrogen and oxygen atoms in total. The fraction of sp³-hybridized carbons (Fsp3) is 0.636. The van der Waals surface area contributed by atoms with Gasteiger partial charge in [-0.3, -0.25) is 0 Å². The van der Waals surface area contributed by atoms with Crippen molar-refractivity contribution in [2.45, 2.75) is 46.6 Å². The Balaban J connectivity index is 0.000000671. The Morgan fingerprint density at radius 1 is 1.31 bits per heavy atom. The van der Waals surface area contributed by atoms with Crippen molar-refractivity contribution >= 4 is 0 Å². The molecule has 1 aromatic heterocycles. The number of aliphatic hydroxyl groups is 1. The van der Waals surface area contributed by atoms with Gasteiger partial charge in [0, 0.05) is 11.9 Å². The lowest BCUT2D eigenvalue weighted by atomic mass is 9.89. The summed E-state index contributed by atoms with van der Waals surface area (Å²) in [6.07, 6.45) is 1.95. The molecule has 0 unspecified atom stereocenters. The van der Waals surface area contributed by atoms with E-state index in [1.54, 1.807) is 0 Å². The molecule has 1 aromatic rings. The van der Waals surface area contributed by atoms with Crippen molar-refractivity contribution in [2.24, 2.45) is 0 Å². The van der Waals surface area contributed by atoms with Gasteiger partial charge in [-0.2, -0.15) is 0 Å². The van der Waals surface area contributed by atoms with E-state index >= 15 is 0 Å². The van der Waals surface area contributed by atoms with Crippen LogP contribution in [0, 0.1) is 0 Å². The first kappa shape index (κ1) is 12.2. The molecule has 0 amide bonds. The topological polar surface area (TPSA) is 36.0 Å². The molecule has 0 aliphatic carbocycles. The van der Waals surface area contributed by atoms with Gasteiger partial charge >= 0.3 is 0 Å². The molecule has 0 atom stereocenters. The first-order valence-electron chi connectivity index (χ1n) is 4.82. The molecule has 1 heterocycles. The van der Waals surface area contributed by atoms with Crippen LogP contribution in [0.1, 0.15) is 45.9 Å². The lowest BCUT2D eigenvalue weighted by molar-refractivity contribution is 0.277. The fourth-order valence-electron chi connectivity index (χ4n) is 0.966. The predicted molar refractivity (Wildman–Crippen MR) is 56.8 cm³/mol. The largest absolute Gasteiger partial charge is 0.390 e. The van der Waals surface area contributed by atoms with Gasteiger partial charge in [-0.15, -0.1) is 0 Å². The summed E-state index contributed by atoms with van der Waals surface area (Å²) in [7, 11) is 0. The van der Waals surface area contributed by atoms with E-state index in [9.17, 15) is 0 Å². The molecule has 2 N–H and O–H groups in total. The van der Waals surface area contributed by atoms with E-state index in [0.29, 0.717) is 0 Å². The number of rotatable bonds is 1. The number of aliphatic hydroxyl groups excluding tert-OH is 1. The van der Waals surface area contributed by atoms with Crippen molar-refractivity contribution in [1.82, 2.24) is 4.98 Å². The zero-order chi connectivity index (χ0) is 10.5. The van der Waals surface area contributed by atoms with Crippen LogP contribution >= 0.6 is 0 Å². The van der Waals surface area contributed by atoms with Crippen LogP contribution in [0.25, 0.3) is 0 Å². The van der Waals surface area contributed by atoms with Crippen molar-refractivity contribution < 1.29 is 5.11 Å². The summed E-state index contributed by atoms with van der Waals surface area (Å²) in [6.45, 7) is 10.5. The second kappa shape index (κ2) is 5.07. The number of nitrogens with one attached hydrogen (secondary N) is 1. The SMILES string of the molecule is CC.CC(C)(C)c1c[nH]c(CO)c1. The normalized spacial score (nSPS) is 10.6. The molecule has 13 heavy (non-hydrogen) atoms. The predicted octanol–water partition coefficient (Wildman–Crippen LogP) is 2.83. The Kier molecular flexibility index (Phi) is 4.78. The molecular weight excluding hydrogens is 162 g/mol. The van der Waals surface area contributed by atoms with Crippen molar-refractivity contribution in [3.8, 4) is 0 Å². The Bertz CT molecular complexity index is 232. The van der Waals surface area contributed by atoms with Crippen LogP contribution < -0.4 is 0 Å². The van der Waals surface area contributed by atoms with E-state index in [2.05, 4.69) is 25.8 Å². The monoisotopic (exact) mass is 183 g/mol. The number of hydrogen-bond acceptors (Lipinski definition) is 1. The van der Waals surface area contributed by atoms with Crippen molar-refractivity contribution in [3.05, 3.63) is 23.5 Å². The minimum absolute atomic E-state index is 0.0933. The molecule has 0 radical (unpaired) electrons. The number of aromatic amines is 1. The average Bonchev–Trinajstić information content (AvgIpc) is 2.54. The Morgan fingerprint density at radius 2 is 1.85 bits per heavy atom. The third-order valence-electron chi connectivity index (χ3n) is 1.78. The van der Waals surface area contributed by atoms with Crippen LogP contribution in [0.4, 0.5) is 0 Å². The number of H-pyrrole nitrogens is 1. The molecule has 0 aromatic carbocycles. The van der Waals surface area contributed by atoms with E-state index < -0.39 is 0 Å². The van der Waals surface area contributed by atoms with Crippen LogP contribution in [0.2, 0.25) is 0 Å². The zero-order valence-electron chi connectivity index (χ0n) is 9.31. The molecule has 0 spiro atoms. The molecule has 0 aliphatic rings. The first-order valence-corrected chi connectivity index (χ1v) is 4.82. The standard InChI is InChI=1S/C9H15NO.C2H6/c1-9(2,3)7-4-8(6-11)10-5-7;1-2/h4-5,10-11H,6H2,1-3H3;1-2H3. The van der Waals surface area contributed by atoms with E-state index in [0.717, 1.165) is 5.69 Å². The highest BCUT2D eigenvalue weighted by molar-refractivity contribution is 5.23. The lowest BCUT2D eigenvalue weighted by Crippen LogP contribution is -2.09. The van der Waals surface area contributed by atoms with Gasteiger partial charge in [0.15, 0.2) is 0 Å². The van der Waals surface area contributed by atoms with Gasteiger partial charge < -0.3 is 10.1 Å². The minimum atomic E-state index is 0.0933. The third-order valence-corrected chi connectivity index (χ3v) is 1.78. The van der Waals surface area contributed by atoms with Crippen LogP contribution in [-0.2, 0) is 12.0 Å². The Morgan fingerprint density at radius 3 is 2.08 bits per heavy atom. The molecule has 2 heteroatoms. The maximum atomic E-state index is 8.79. The van der Waals surface area contributed by atoms with Gasteiger partial charge in [0.05, 0.1) is 6.61 Å². The Hall–Kier alpha value is -0.760. The third kappa shape index (κ3) is 3.64. The quantitative estimate of drug-likeness (QED) is 0.690. The van der Waals surface area contributed by atoms with Crippen LogP contribution in [0.15, 0.2) is 12.3 Å². The van der Waals surface area contributed by atoms with Crippen molar-refractivity contribution in [2.75, 3.05) is 0 Å². The maximum Gasteiger partial charge on any atom is 0.0830 e. The molecule has 0 saturated carbocycles. The van der Waals surface area contributed by atoms with Crippen molar-refractivity contribution in [3.63, 3.8) is 0 Å². The lowest BCUT2D eigenvalue weighted by Gasteiger charge is -2.15. The fourth-order valence-corrected chi connectivity index (χ4v) is 0.966. The zero-order valence-corrected chi connectivity index (χ0v) is 9.31. The second-order valence-electron chi connectivity index (χ2n) is 3.82. The molecule has 0 bridgehead atoms. The molecule has 76 valence electrons. The highest BCUT2D eigenvalue weighted by atomic mass is 16.3. The second-order valence-corrected chi connectivity index (χ2v) is 3.82. The van der Waals surface area contributed by atoms with Crippen LogP contribution in [-0.4, -0.2) is 10.1 Å². The first-order chi connectivity index (χ1) is 6.04. The summed E-state index contributed by atoms with van der Waals surface area (Å²) in [5.74, 6) is 0. The van der Waals surface area contributed by atoms with Gasteiger partial charge in [-0.25, -0.2) is 0 Å². The summed E-state index contributed by atoms with van der Waals surface area (Å²) in [6, 6.07) is 2.00. The molecule has 1 rings (SSSR count). The molecule has 0 fully saturated rings. The van der Waals surface area contributed by atoms with Crippen molar-refractivity contribution in [1.29, 1.82) is 0 Å². The van der Waals surface area contributed by atoms with Gasteiger partial charge in [0.1, 0.15) is 0 Å². The van der Waals surface area contributed by atoms with E-state index in [1.165, 1.54) is 5.56 Å². The van der Waals surface area contributed by atoms with Gasteiger partial charge in [-0.1, -0.05) is 34.6 Å². The summed E-state index contributed by atoms with van der Waals surface area (Å²) in [5.41, 5.74) is 2.29. The van der Waals surface area contributed by atoms with E-state index in [-0.39, 0.29) is 12.0 Å². The van der Waals surface area contributed by atoms with Gasteiger partial charge in [-0.05, 0) is 17.0 Å². The van der Waals surface area contributed by atoms with Gasteiger partial charge in [0.2, 0.25) is 0 Å². The number of aromatic nitrogens is 1. The molecule has 0 aliphatic heterocycles. The average molecular weight is 183 g/mol. The summed E-state index contributed by atoms with van der Waals surface area (Å²) in [5, 5.41) is 8.79. The minimum Gasteiger partial charge on any atom is -0.390 e. The highest BCUT2D eigenvalue weighted by Crippen LogP contribution is 2.22. The summed E-state index contributed by atoms with van der Waals surface area (Å²) >= 11 is 0. The molecule has 0 saturated heterocycles. The highest BCUT2D eigenvalue weighted by Gasteiger charge is 2.14. The summed E-state index contributed by atoms with van der Waals surface area (Å²) in [4.78, 5) is 3.01. The van der Waals surface area contributed by atoms with Gasteiger partial charge in [0.25, 0.3) is 0 Å². The van der Waals surface area contributed by atoms with E-state index in [1.807, 2.05) is 26.1 Å².